The Labute approximate surface area is 134 Å². The Balaban J connectivity index is 1.85. The molecule has 116 valence electrons. The predicted octanol–water partition coefficient (Wildman–Crippen LogP) is 3.60. The summed E-state index contributed by atoms with van der Waals surface area (Å²) < 4.78 is 16.9. The molecule has 0 N–H and O–H groups in total. The van der Waals surface area contributed by atoms with Crippen LogP contribution in [0.3, 0.4) is 0 Å². The van der Waals surface area contributed by atoms with Crippen LogP contribution in [0, 0.1) is 0 Å². The van der Waals surface area contributed by atoms with E-state index in [4.69, 9.17) is 13.6 Å². The van der Waals surface area contributed by atoms with Crippen molar-refractivity contribution in [1.82, 2.24) is 0 Å². The molecule has 2 aromatic heterocycles. The van der Waals surface area contributed by atoms with Crippen LogP contribution in [0.5, 0.6) is 11.7 Å². The van der Waals surface area contributed by atoms with Gasteiger partial charge in [-0.15, -0.1) is 0 Å². The molecule has 0 radical (unpaired) electrons. The summed E-state index contributed by atoms with van der Waals surface area (Å²) in [6.07, 6.45) is 0.130. The van der Waals surface area contributed by atoms with Crippen LogP contribution in [-0.4, -0.2) is 0 Å². The van der Waals surface area contributed by atoms with Crippen LogP contribution in [0.1, 0.15) is 11.1 Å². The number of fused-ring (bicyclic) bond motifs is 5. The molecule has 0 aliphatic carbocycles. The molecule has 3 heterocycles. The third-order valence-electron chi connectivity index (χ3n) is 4.26. The molecule has 24 heavy (non-hydrogen) atoms. The van der Waals surface area contributed by atoms with Gasteiger partial charge in [0.15, 0.2) is 11.2 Å². The highest BCUT2D eigenvalue weighted by Crippen LogP contribution is 2.39. The topological polar surface area (TPSA) is 69.7 Å². The van der Waals surface area contributed by atoms with E-state index in [1.54, 1.807) is 42.5 Å². The van der Waals surface area contributed by atoms with E-state index in [1.165, 1.54) is 0 Å². The van der Waals surface area contributed by atoms with E-state index in [1.807, 2.05) is 6.07 Å². The van der Waals surface area contributed by atoms with Gasteiger partial charge in [0.1, 0.15) is 11.2 Å². The Morgan fingerprint density at radius 3 is 2.21 bits per heavy atom. The molecule has 0 unspecified atom stereocenters. The Bertz CT molecular complexity index is 1250. The van der Waals surface area contributed by atoms with Crippen molar-refractivity contribution in [2.75, 3.05) is 0 Å². The van der Waals surface area contributed by atoms with Crippen LogP contribution in [0.4, 0.5) is 0 Å². The van der Waals surface area contributed by atoms with Gasteiger partial charge in [0.25, 0.3) is 5.95 Å². The first-order valence-electron chi connectivity index (χ1n) is 7.49. The van der Waals surface area contributed by atoms with Crippen molar-refractivity contribution in [3.63, 3.8) is 0 Å². The summed E-state index contributed by atoms with van der Waals surface area (Å²) in [5.41, 5.74) is 0.879. The van der Waals surface area contributed by atoms with Gasteiger partial charge < -0.3 is 13.6 Å². The van der Waals surface area contributed by atoms with Gasteiger partial charge in [-0.1, -0.05) is 24.3 Å². The van der Waals surface area contributed by atoms with E-state index in [0.29, 0.717) is 38.8 Å². The van der Waals surface area contributed by atoms with Gasteiger partial charge in [-0.05, 0) is 24.3 Å². The number of hydrogen-bond donors (Lipinski definition) is 0. The van der Waals surface area contributed by atoms with Gasteiger partial charge in [0.2, 0.25) is 0 Å². The lowest BCUT2D eigenvalue weighted by atomic mass is 10.0. The van der Waals surface area contributed by atoms with Gasteiger partial charge in [-0.25, -0.2) is 4.79 Å². The third kappa shape index (κ3) is 1.69. The summed E-state index contributed by atoms with van der Waals surface area (Å²) >= 11 is 0. The molecule has 2 aromatic carbocycles. The van der Waals surface area contributed by atoms with Gasteiger partial charge >= 0.3 is 5.63 Å². The Kier molecular flexibility index (Phi) is 2.51. The van der Waals surface area contributed by atoms with Gasteiger partial charge in [-0.2, -0.15) is 0 Å². The molecule has 4 aromatic rings. The van der Waals surface area contributed by atoms with Crippen LogP contribution in [0.25, 0.3) is 21.9 Å². The standard InChI is InChI=1S/C19H10O5/c20-16-10-5-1-3-7-14(10)23-19-12(16)9-13-17(24-19)11-6-2-4-8-15(11)22-18(13)21/h1-8H,9H2. The Morgan fingerprint density at radius 2 is 1.42 bits per heavy atom. The highest BCUT2D eigenvalue weighted by Gasteiger charge is 2.28. The minimum absolute atomic E-state index is 0.130. The molecule has 1 aliphatic heterocycles. The first-order chi connectivity index (χ1) is 11.7. The highest BCUT2D eigenvalue weighted by molar-refractivity contribution is 5.86. The summed E-state index contributed by atoms with van der Waals surface area (Å²) in [6, 6.07) is 14.1. The highest BCUT2D eigenvalue weighted by atomic mass is 16.6. The summed E-state index contributed by atoms with van der Waals surface area (Å²) in [5, 5.41) is 1.14. The second kappa shape index (κ2) is 4.58. The zero-order valence-corrected chi connectivity index (χ0v) is 12.4. The zero-order chi connectivity index (χ0) is 16.3. The molecule has 0 fully saturated rings. The van der Waals surface area contributed by atoms with E-state index < -0.39 is 5.63 Å². The maximum Gasteiger partial charge on any atom is 0.343 e. The SMILES string of the molecule is O=c1oc2ccccc2c2c1Cc1c(oc3ccccc3c1=O)O2. The lowest BCUT2D eigenvalue weighted by Crippen LogP contribution is -2.20. The summed E-state index contributed by atoms with van der Waals surface area (Å²) in [6.45, 7) is 0. The lowest BCUT2D eigenvalue weighted by Gasteiger charge is -2.18. The van der Waals surface area contributed by atoms with Crippen molar-refractivity contribution < 1.29 is 13.6 Å². The molecule has 0 bridgehead atoms. The number of hydrogen-bond acceptors (Lipinski definition) is 5. The van der Waals surface area contributed by atoms with Crippen molar-refractivity contribution in [2.45, 2.75) is 6.42 Å². The van der Waals surface area contributed by atoms with Crippen LogP contribution in [0.2, 0.25) is 0 Å². The van der Waals surface area contributed by atoms with Crippen molar-refractivity contribution in [3.05, 3.63) is 80.3 Å². The average molecular weight is 318 g/mol. The fraction of sp³-hybridized carbons (Fsp3) is 0.0526. The Hall–Kier alpha value is -3.34. The molecule has 1 aliphatic rings. The fourth-order valence-corrected chi connectivity index (χ4v) is 3.09. The molecular formula is C19H10O5. The van der Waals surface area contributed by atoms with Crippen LogP contribution in [-0.2, 0) is 6.42 Å². The van der Waals surface area contributed by atoms with E-state index in [9.17, 15) is 9.59 Å². The maximum absolute atomic E-state index is 12.7. The number of benzene rings is 2. The monoisotopic (exact) mass is 318 g/mol. The Morgan fingerprint density at radius 1 is 0.750 bits per heavy atom. The van der Waals surface area contributed by atoms with Crippen LogP contribution < -0.4 is 15.8 Å². The van der Waals surface area contributed by atoms with Crippen LogP contribution in [0.15, 0.2) is 67.0 Å². The average Bonchev–Trinajstić information content (AvgIpc) is 2.61. The van der Waals surface area contributed by atoms with Crippen LogP contribution >= 0.6 is 0 Å². The molecule has 5 rings (SSSR count). The minimum atomic E-state index is -0.498. The van der Waals surface area contributed by atoms with E-state index in [2.05, 4.69) is 0 Å². The number of rotatable bonds is 0. The maximum atomic E-state index is 12.7. The molecule has 0 atom stereocenters. The lowest BCUT2D eigenvalue weighted by molar-refractivity contribution is 0.335. The van der Waals surface area contributed by atoms with Crippen molar-refractivity contribution in [1.29, 1.82) is 0 Å². The molecule has 0 saturated carbocycles. The molecule has 5 heteroatoms. The summed E-state index contributed by atoms with van der Waals surface area (Å²) in [5.74, 6) is 0.537. The van der Waals surface area contributed by atoms with Crippen molar-refractivity contribution in [3.8, 4) is 11.7 Å². The van der Waals surface area contributed by atoms with Crippen molar-refractivity contribution in [2.24, 2.45) is 0 Å². The third-order valence-corrected chi connectivity index (χ3v) is 4.26. The van der Waals surface area contributed by atoms with E-state index >= 15 is 0 Å². The first kappa shape index (κ1) is 13.1. The normalized spacial score (nSPS) is 12.7. The number of para-hydroxylation sites is 2. The first-order valence-corrected chi connectivity index (χ1v) is 7.49. The largest absolute Gasteiger partial charge is 0.425 e. The molecule has 0 amide bonds. The van der Waals surface area contributed by atoms with Gasteiger partial charge in [0.05, 0.1) is 21.9 Å². The van der Waals surface area contributed by atoms with Gasteiger partial charge in [-0.3, -0.25) is 4.79 Å². The van der Waals surface area contributed by atoms with Gasteiger partial charge in [0, 0.05) is 6.42 Å². The van der Waals surface area contributed by atoms with Crippen molar-refractivity contribution >= 4 is 21.9 Å². The molecule has 0 spiro atoms. The molecule has 0 saturated heterocycles. The quantitative estimate of drug-likeness (QED) is 0.408. The smallest absolute Gasteiger partial charge is 0.343 e. The predicted molar refractivity (Wildman–Crippen MR) is 87.8 cm³/mol. The van der Waals surface area contributed by atoms with E-state index in [-0.39, 0.29) is 17.8 Å². The second-order valence-corrected chi connectivity index (χ2v) is 5.67. The number of ether oxygens (including phenoxy) is 1. The fourth-order valence-electron chi connectivity index (χ4n) is 3.09. The molecule has 5 nitrogen and oxygen atoms in total. The zero-order valence-electron chi connectivity index (χ0n) is 12.4. The van der Waals surface area contributed by atoms with E-state index in [0.717, 1.165) is 0 Å². The summed E-state index contributed by atoms with van der Waals surface area (Å²) in [4.78, 5) is 25.0. The minimum Gasteiger partial charge on any atom is -0.425 e. The molecular weight excluding hydrogens is 308 g/mol. The second-order valence-electron chi connectivity index (χ2n) is 5.67. The summed E-state index contributed by atoms with van der Waals surface area (Å²) in [7, 11) is 0.